The number of fused-ring (bicyclic) bond motifs is 1. The summed E-state index contributed by atoms with van der Waals surface area (Å²) in [6.45, 7) is 9.74. The van der Waals surface area contributed by atoms with Crippen LogP contribution in [0.3, 0.4) is 0 Å². The number of halogens is 1. The molecule has 1 N–H and O–H groups in total. The first-order valence-electron chi connectivity index (χ1n) is 9.38. The third-order valence-corrected chi connectivity index (χ3v) is 4.53. The lowest BCUT2D eigenvalue weighted by molar-refractivity contribution is -0.159. The van der Waals surface area contributed by atoms with Crippen molar-refractivity contribution in [1.29, 1.82) is 0 Å². The second-order valence-corrected chi connectivity index (χ2v) is 8.07. The van der Waals surface area contributed by atoms with E-state index in [1.807, 2.05) is 37.6 Å². The monoisotopic (exact) mass is 499 g/mol. The van der Waals surface area contributed by atoms with Gasteiger partial charge in [0.15, 0.2) is 5.96 Å². The molecule has 1 unspecified atom stereocenters. The van der Waals surface area contributed by atoms with Gasteiger partial charge >= 0.3 is 5.97 Å². The van der Waals surface area contributed by atoms with Gasteiger partial charge in [-0.05, 0) is 51.8 Å². The van der Waals surface area contributed by atoms with E-state index in [9.17, 15) is 4.79 Å². The smallest absolute Gasteiger partial charge is 0.311 e. The Morgan fingerprint density at radius 3 is 2.86 bits per heavy atom. The number of rotatable bonds is 3. The van der Waals surface area contributed by atoms with Crippen molar-refractivity contribution in [1.82, 2.24) is 19.6 Å². The molecule has 2 aromatic heterocycles. The number of nitrogens with zero attached hydrogens (tertiary/aromatic N) is 4. The SMILES string of the molecule is CN=C(NCc1cn2ccc(C)cc2n1)N1CCC(C(=O)OC(C)(C)C)C1.I. The molecule has 1 fully saturated rings. The van der Waals surface area contributed by atoms with Crippen LogP contribution in [0, 0.1) is 12.8 Å². The highest BCUT2D eigenvalue weighted by molar-refractivity contribution is 14.0. The van der Waals surface area contributed by atoms with Gasteiger partial charge in [-0.15, -0.1) is 24.0 Å². The molecule has 0 amide bonds. The molecular formula is C20H30IN5O2. The molecule has 28 heavy (non-hydrogen) atoms. The number of hydrogen-bond donors (Lipinski definition) is 1. The fraction of sp³-hybridized carbons (Fsp3) is 0.550. The summed E-state index contributed by atoms with van der Waals surface area (Å²) in [6.07, 6.45) is 4.81. The number of imidazole rings is 1. The molecule has 2 aromatic rings. The average Bonchev–Trinajstić information content (AvgIpc) is 3.20. The van der Waals surface area contributed by atoms with Crippen LogP contribution >= 0.6 is 24.0 Å². The Morgan fingerprint density at radius 1 is 1.43 bits per heavy atom. The lowest BCUT2D eigenvalue weighted by Crippen LogP contribution is -2.40. The number of hydrogen-bond acceptors (Lipinski definition) is 4. The van der Waals surface area contributed by atoms with Gasteiger partial charge in [0.25, 0.3) is 0 Å². The van der Waals surface area contributed by atoms with E-state index in [-0.39, 0.29) is 35.9 Å². The predicted octanol–water partition coefficient (Wildman–Crippen LogP) is 3.00. The van der Waals surface area contributed by atoms with Crippen molar-refractivity contribution in [3.8, 4) is 0 Å². The van der Waals surface area contributed by atoms with Crippen molar-refractivity contribution in [2.24, 2.45) is 10.9 Å². The summed E-state index contributed by atoms with van der Waals surface area (Å²) in [6, 6.07) is 4.12. The minimum absolute atomic E-state index is 0. The first-order valence-corrected chi connectivity index (χ1v) is 9.38. The first-order chi connectivity index (χ1) is 12.7. The number of aromatic nitrogens is 2. The van der Waals surface area contributed by atoms with Crippen molar-refractivity contribution in [2.75, 3.05) is 20.1 Å². The molecule has 3 rings (SSSR count). The number of guanidine groups is 1. The Bertz CT molecular complexity index is 856. The molecule has 0 radical (unpaired) electrons. The number of esters is 1. The topological polar surface area (TPSA) is 71.2 Å². The summed E-state index contributed by atoms with van der Waals surface area (Å²) in [5.74, 6) is 0.548. The van der Waals surface area contributed by atoms with E-state index in [0.29, 0.717) is 13.1 Å². The van der Waals surface area contributed by atoms with Crippen LogP contribution in [0.15, 0.2) is 29.5 Å². The lowest BCUT2D eigenvalue weighted by atomic mass is 10.1. The Balaban J connectivity index is 0.00000280. The summed E-state index contributed by atoms with van der Waals surface area (Å²) in [5, 5.41) is 3.36. The standard InChI is InChI=1S/C20H29N5O2.HI/c1-14-6-8-24-13-16(23-17(24)10-14)11-22-19(21-5)25-9-7-15(12-25)18(26)27-20(2,3)4;/h6,8,10,13,15H,7,9,11-12H2,1-5H3,(H,21,22);1H. The molecule has 1 aliphatic heterocycles. The van der Waals surface area contributed by atoms with Crippen molar-refractivity contribution < 1.29 is 9.53 Å². The highest BCUT2D eigenvalue weighted by atomic mass is 127. The van der Waals surface area contributed by atoms with Gasteiger partial charge < -0.3 is 19.4 Å². The van der Waals surface area contributed by atoms with Gasteiger partial charge in [0.1, 0.15) is 11.2 Å². The molecule has 7 nitrogen and oxygen atoms in total. The number of ether oxygens (including phenoxy) is 1. The van der Waals surface area contributed by atoms with Crippen LogP contribution in [-0.4, -0.2) is 52.0 Å². The third kappa shape index (κ3) is 5.59. The minimum atomic E-state index is -0.452. The highest BCUT2D eigenvalue weighted by Gasteiger charge is 2.33. The third-order valence-electron chi connectivity index (χ3n) is 4.53. The van der Waals surface area contributed by atoms with Gasteiger partial charge in [-0.25, -0.2) is 4.98 Å². The van der Waals surface area contributed by atoms with Gasteiger partial charge in [0.05, 0.1) is 18.2 Å². The molecule has 3 heterocycles. The van der Waals surface area contributed by atoms with E-state index in [0.717, 1.165) is 30.3 Å². The number of aryl methyl sites for hydroxylation is 1. The summed E-state index contributed by atoms with van der Waals surface area (Å²) in [5.41, 5.74) is 2.62. The van der Waals surface area contributed by atoms with Crippen LogP contribution in [0.5, 0.6) is 0 Å². The van der Waals surface area contributed by atoms with E-state index in [1.54, 1.807) is 7.05 Å². The van der Waals surface area contributed by atoms with Gasteiger partial charge in [-0.3, -0.25) is 9.79 Å². The van der Waals surface area contributed by atoms with E-state index in [4.69, 9.17) is 4.74 Å². The molecule has 0 saturated carbocycles. The summed E-state index contributed by atoms with van der Waals surface area (Å²) in [4.78, 5) is 23.4. The van der Waals surface area contributed by atoms with Gasteiger partial charge in [-0.2, -0.15) is 0 Å². The van der Waals surface area contributed by atoms with Gasteiger partial charge in [0, 0.05) is 32.5 Å². The normalized spacial score (nSPS) is 17.5. The van der Waals surface area contributed by atoms with E-state index >= 15 is 0 Å². The lowest BCUT2D eigenvalue weighted by Gasteiger charge is -2.23. The molecule has 8 heteroatoms. The molecule has 154 valence electrons. The largest absolute Gasteiger partial charge is 0.460 e. The summed E-state index contributed by atoms with van der Waals surface area (Å²) < 4.78 is 7.53. The van der Waals surface area contributed by atoms with Crippen molar-refractivity contribution in [3.63, 3.8) is 0 Å². The number of carbonyl (C=O) groups excluding carboxylic acids is 1. The number of likely N-dealkylation sites (tertiary alicyclic amines) is 1. The van der Waals surface area contributed by atoms with Crippen LogP contribution in [0.1, 0.15) is 38.4 Å². The summed E-state index contributed by atoms with van der Waals surface area (Å²) in [7, 11) is 1.76. The zero-order chi connectivity index (χ0) is 19.6. The molecule has 0 aliphatic carbocycles. The molecule has 0 aromatic carbocycles. The maximum atomic E-state index is 12.3. The maximum absolute atomic E-state index is 12.3. The quantitative estimate of drug-likeness (QED) is 0.305. The molecule has 1 atom stereocenters. The van der Waals surface area contributed by atoms with Crippen LogP contribution in [-0.2, 0) is 16.1 Å². The maximum Gasteiger partial charge on any atom is 0.311 e. The number of nitrogens with one attached hydrogen (secondary N) is 1. The minimum Gasteiger partial charge on any atom is -0.460 e. The fourth-order valence-corrected chi connectivity index (χ4v) is 3.25. The van der Waals surface area contributed by atoms with E-state index < -0.39 is 5.60 Å². The van der Waals surface area contributed by atoms with Crippen molar-refractivity contribution in [2.45, 2.75) is 46.3 Å². The Labute approximate surface area is 183 Å². The Hall–Kier alpha value is -1.84. The summed E-state index contributed by atoms with van der Waals surface area (Å²) >= 11 is 0. The van der Waals surface area contributed by atoms with Crippen LogP contribution < -0.4 is 5.32 Å². The second kappa shape index (κ2) is 9.11. The van der Waals surface area contributed by atoms with Crippen LogP contribution in [0.4, 0.5) is 0 Å². The van der Waals surface area contributed by atoms with Crippen molar-refractivity contribution in [3.05, 3.63) is 35.8 Å². The van der Waals surface area contributed by atoms with E-state index in [2.05, 4.69) is 39.2 Å². The zero-order valence-electron chi connectivity index (χ0n) is 17.2. The van der Waals surface area contributed by atoms with E-state index in [1.165, 1.54) is 5.56 Å². The number of aliphatic imine (C=N–C) groups is 1. The zero-order valence-corrected chi connectivity index (χ0v) is 19.6. The van der Waals surface area contributed by atoms with Gasteiger partial charge in [-0.1, -0.05) is 0 Å². The first kappa shape index (κ1) is 22.4. The number of pyridine rings is 1. The predicted molar refractivity (Wildman–Crippen MR) is 121 cm³/mol. The molecule has 0 spiro atoms. The van der Waals surface area contributed by atoms with Crippen LogP contribution in [0.25, 0.3) is 5.65 Å². The molecular weight excluding hydrogens is 469 g/mol. The fourth-order valence-electron chi connectivity index (χ4n) is 3.25. The van der Waals surface area contributed by atoms with Crippen molar-refractivity contribution >= 4 is 41.6 Å². The molecule has 0 bridgehead atoms. The number of carbonyl (C=O) groups is 1. The highest BCUT2D eigenvalue weighted by Crippen LogP contribution is 2.21. The molecule has 1 aliphatic rings. The molecule has 1 saturated heterocycles. The van der Waals surface area contributed by atoms with Crippen LogP contribution in [0.2, 0.25) is 0 Å². The second-order valence-electron chi connectivity index (χ2n) is 8.07. The van der Waals surface area contributed by atoms with Gasteiger partial charge in [0.2, 0.25) is 0 Å². The Kier molecular flexibility index (Phi) is 7.30. The average molecular weight is 499 g/mol. The Morgan fingerprint density at radius 2 is 2.18 bits per heavy atom.